The highest BCUT2D eigenvalue weighted by molar-refractivity contribution is 14.1. The van der Waals surface area contributed by atoms with Crippen LogP contribution in [0.25, 0.3) is 0 Å². The van der Waals surface area contributed by atoms with Crippen LogP contribution in [0.15, 0.2) is 12.1 Å². The maximum absolute atomic E-state index is 12.1. The Labute approximate surface area is 144 Å². The highest BCUT2D eigenvalue weighted by Gasteiger charge is 2.23. The van der Waals surface area contributed by atoms with Gasteiger partial charge in [0, 0.05) is 3.57 Å². The molecule has 0 radical (unpaired) electrons. The lowest BCUT2D eigenvalue weighted by atomic mass is 10.0. The number of hydrogen-bond donors (Lipinski definition) is 3. The van der Waals surface area contributed by atoms with Gasteiger partial charge in [-0.25, -0.2) is 4.79 Å². The summed E-state index contributed by atoms with van der Waals surface area (Å²) in [5.41, 5.74) is 0.0938. The molecule has 1 amide bonds. The molecule has 5 nitrogen and oxygen atoms in total. The minimum atomic E-state index is -1.08. The highest BCUT2D eigenvalue weighted by atomic mass is 127. The Kier molecular flexibility index (Phi) is 6.49. The highest BCUT2D eigenvalue weighted by Crippen LogP contribution is 2.27. The van der Waals surface area contributed by atoms with Crippen molar-refractivity contribution in [1.82, 2.24) is 5.32 Å². The van der Waals surface area contributed by atoms with E-state index in [1.807, 2.05) is 59.0 Å². The molecule has 1 aromatic rings. The van der Waals surface area contributed by atoms with E-state index >= 15 is 0 Å². The van der Waals surface area contributed by atoms with Crippen molar-refractivity contribution >= 4 is 57.1 Å². The van der Waals surface area contributed by atoms with Gasteiger partial charge in [-0.15, -0.1) is 0 Å². The Bertz CT molecular complexity index is 531. The molecule has 0 spiro atoms. The number of phenolic OH excluding ortho intramolecular Hbond substituents is 1. The Morgan fingerprint density at radius 3 is 2.40 bits per heavy atom. The molecule has 7 heteroatoms. The van der Waals surface area contributed by atoms with E-state index in [1.54, 1.807) is 6.07 Å². The Morgan fingerprint density at radius 2 is 1.90 bits per heavy atom. The van der Waals surface area contributed by atoms with Gasteiger partial charge in [0.2, 0.25) is 0 Å². The van der Waals surface area contributed by atoms with Gasteiger partial charge in [0.05, 0.1) is 9.13 Å². The summed E-state index contributed by atoms with van der Waals surface area (Å²) in [6, 6.07) is 2.30. The van der Waals surface area contributed by atoms with Crippen molar-refractivity contribution in [1.29, 1.82) is 0 Å². The summed E-state index contributed by atoms with van der Waals surface area (Å²) < 4.78 is 1.35. The summed E-state index contributed by atoms with van der Waals surface area (Å²) in [5, 5.41) is 21.5. The summed E-state index contributed by atoms with van der Waals surface area (Å²) in [6.45, 7) is 3.77. The lowest BCUT2D eigenvalue weighted by Gasteiger charge is -2.17. The molecular formula is C13H15I2NO4. The number of carbonyl (C=O) groups excluding carboxylic acids is 1. The minimum Gasteiger partial charge on any atom is -0.506 e. The first-order chi connectivity index (χ1) is 9.22. The van der Waals surface area contributed by atoms with Crippen molar-refractivity contribution in [2.45, 2.75) is 26.3 Å². The molecule has 0 heterocycles. The van der Waals surface area contributed by atoms with Crippen LogP contribution in [0, 0.1) is 13.1 Å². The summed E-state index contributed by atoms with van der Waals surface area (Å²) in [7, 11) is 0. The summed E-state index contributed by atoms with van der Waals surface area (Å²) in [4.78, 5) is 23.3. The fourth-order valence-corrected chi connectivity index (χ4v) is 3.51. The van der Waals surface area contributed by atoms with Crippen LogP contribution in [-0.2, 0) is 4.79 Å². The van der Waals surface area contributed by atoms with Crippen LogP contribution in [0.1, 0.15) is 30.6 Å². The third-order valence-electron chi connectivity index (χ3n) is 2.58. The minimum absolute atomic E-state index is 0.0938. The molecule has 1 atom stereocenters. The van der Waals surface area contributed by atoms with Gasteiger partial charge in [-0.3, -0.25) is 4.79 Å². The lowest BCUT2D eigenvalue weighted by Crippen LogP contribution is -2.41. The standard InChI is InChI=1S/C13H15I2NO4/c1-6(2)3-10(13(19)20)16-12(18)8-4-7(14)5-9(15)11(8)17/h4-6,10,17H,3H2,1-2H3,(H,16,18)(H,19,20). The Balaban J connectivity index is 2.97. The SMILES string of the molecule is CC(C)CC(NC(=O)c1cc(I)cc(I)c1O)C(=O)O. The number of hydrogen-bond acceptors (Lipinski definition) is 3. The number of rotatable bonds is 5. The quantitative estimate of drug-likeness (QED) is 0.540. The van der Waals surface area contributed by atoms with E-state index in [2.05, 4.69) is 5.32 Å². The van der Waals surface area contributed by atoms with Crippen molar-refractivity contribution in [3.8, 4) is 5.75 Å². The fourth-order valence-electron chi connectivity index (χ4n) is 1.67. The van der Waals surface area contributed by atoms with Crippen LogP contribution in [-0.4, -0.2) is 28.1 Å². The fraction of sp³-hybridized carbons (Fsp3) is 0.385. The number of aliphatic carboxylic acids is 1. The Morgan fingerprint density at radius 1 is 1.30 bits per heavy atom. The molecule has 0 aliphatic heterocycles. The maximum atomic E-state index is 12.1. The first-order valence-corrected chi connectivity index (χ1v) is 8.09. The molecule has 0 saturated carbocycles. The summed E-state index contributed by atoms with van der Waals surface area (Å²) in [6.07, 6.45) is 0.336. The molecule has 0 aromatic heterocycles. The molecule has 0 saturated heterocycles. The van der Waals surface area contributed by atoms with Crippen LogP contribution in [0.3, 0.4) is 0 Å². The van der Waals surface area contributed by atoms with Crippen LogP contribution in [0.2, 0.25) is 0 Å². The topological polar surface area (TPSA) is 86.6 Å². The molecule has 0 aliphatic carbocycles. The summed E-state index contributed by atoms with van der Waals surface area (Å²) in [5.74, 6) is -1.64. The third kappa shape index (κ3) is 4.76. The molecule has 1 unspecified atom stereocenters. The van der Waals surface area contributed by atoms with Gasteiger partial charge in [-0.2, -0.15) is 0 Å². The predicted octanol–water partition coefficient (Wildman–Crippen LogP) is 2.83. The van der Waals surface area contributed by atoms with E-state index in [-0.39, 0.29) is 17.2 Å². The second-order valence-electron chi connectivity index (χ2n) is 4.78. The van der Waals surface area contributed by atoms with E-state index in [0.29, 0.717) is 9.99 Å². The lowest BCUT2D eigenvalue weighted by molar-refractivity contribution is -0.139. The molecule has 0 bridgehead atoms. The molecule has 0 fully saturated rings. The number of phenols is 1. The average Bonchev–Trinajstić information content (AvgIpc) is 2.32. The van der Waals surface area contributed by atoms with E-state index in [0.717, 1.165) is 3.57 Å². The average molecular weight is 503 g/mol. The van der Waals surface area contributed by atoms with E-state index in [4.69, 9.17) is 5.11 Å². The molecule has 1 rings (SSSR count). The van der Waals surface area contributed by atoms with E-state index in [1.165, 1.54) is 6.07 Å². The zero-order chi connectivity index (χ0) is 15.4. The smallest absolute Gasteiger partial charge is 0.326 e. The van der Waals surface area contributed by atoms with Gasteiger partial charge in [-0.1, -0.05) is 13.8 Å². The normalized spacial score (nSPS) is 12.2. The first-order valence-electron chi connectivity index (χ1n) is 5.94. The second kappa shape index (κ2) is 7.43. The van der Waals surface area contributed by atoms with Crippen LogP contribution in [0.4, 0.5) is 0 Å². The second-order valence-corrected chi connectivity index (χ2v) is 7.19. The van der Waals surface area contributed by atoms with Gasteiger partial charge in [0.25, 0.3) is 5.91 Å². The predicted molar refractivity (Wildman–Crippen MR) is 91.9 cm³/mol. The number of carboxylic acid groups (broad SMARTS) is 1. The monoisotopic (exact) mass is 503 g/mol. The van der Waals surface area contributed by atoms with Crippen LogP contribution in [0.5, 0.6) is 5.75 Å². The molecule has 0 aliphatic rings. The third-order valence-corrected chi connectivity index (χ3v) is 4.03. The largest absolute Gasteiger partial charge is 0.506 e. The maximum Gasteiger partial charge on any atom is 0.326 e. The van der Waals surface area contributed by atoms with Gasteiger partial charge >= 0.3 is 5.97 Å². The van der Waals surface area contributed by atoms with E-state index in [9.17, 15) is 14.7 Å². The first kappa shape index (κ1) is 17.5. The van der Waals surface area contributed by atoms with Crippen molar-refractivity contribution in [2.24, 2.45) is 5.92 Å². The number of benzene rings is 1. The number of carbonyl (C=O) groups is 2. The van der Waals surface area contributed by atoms with Gasteiger partial charge in [0.15, 0.2) is 0 Å². The summed E-state index contributed by atoms with van der Waals surface area (Å²) >= 11 is 3.96. The molecule has 1 aromatic carbocycles. The number of nitrogens with one attached hydrogen (secondary N) is 1. The van der Waals surface area contributed by atoms with Crippen molar-refractivity contribution in [2.75, 3.05) is 0 Å². The number of aromatic hydroxyl groups is 1. The molecule has 110 valence electrons. The number of amides is 1. The number of halogens is 2. The molecule has 20 heavy (non-hydrogen) atoms. The molecule has 3 N–H and O–H groups in total. The van der Waals surface area contributed by atoms with Gasteiger partial charge < -0.3 is 15.5 Å². The molecular weight excluding hydrogens is 488 g/mol. The van der Waals surface area contributed by atoms with Gasteiger partial charge in [-0.05, 0) is 69.7 Å². The van der Waals surface area contributed by atoms with Gasteiger partial charge in [0.1, 0.15) is 11.8 Å². The van der Waals surface area contributed by atoms with Crippen molar-refractivity contribution in [3.05, 3.63) is 24.8 Å². The van der Waals surface area contributed by atoms with Crippen LogP contribution >= 0.6 is 45.2 Å². The zero-order valence-corrected chi connectivity index (χ0v) is 15.3. The zero-order valence-electron chi connectivity index (χ0n) is 11.0. The van der Waals surface area contributed by atoms with E-state index < -0.39 is 17.9 Å². The van der Waals surface area contributed by atoms with Crippen molar-refractivity contribution < 1.29 is 19.8 Å². The van der Waals surface area contributed by atoms with Crippen molar-refractivity contribution in [3.63, 3.8) is 0 Å². The van der Waals surface area contributed by atoms with Crippen LogP contribution < -0.4 is 5.32 Å². The Hall–Kier alpha value is -0.580. The number of carboxylic acids is 1.